The molecule has 3 saturated carbocycles. The fourth-order valence-corrected chi connectivity index (χ4v) is 6.64. The van der Waals surface area contributed by atoms with E-state index in [-0.39, 0.29) is 11.5 Å². The molecule has 4 aliphatic rings. The maximum atomic E-state index is 12.0. The molecule has 0 aromatic heterocycles. The number of carbonyl (C=O) groups excluding carboxylic acids is 1. The molecular formula is C18H29NO2. The molecular weight excluding hydrogens is 262 g/mol. The second kappa shape index (κ2) is 4.71. The molecule has 3 aliphatic carbocycles. The van der Waals surface area contributed by atoms with Crippen LogP contribution in [0.4, 0.5) is 0 Å². The van der Waals surface area contributed by atoms with Gasteiger partial charge in [-0.2, -0.15) is 0 Å². The standard InChI is InChI=1S/C18H29NO2/c1-18-10-9-11-12(14(18)5-7-16(18)20)3-6-15-13(11)4-8-17(21)19(15)2/h11-16,20H,3-10H2,1-2H3/t11-,12+,13+,14-,15+,16-,18-/m0/s1. The van der Waals surface area contributed by atoms with Crippen molar-refractivity contribution in [3.05, 3.63) is 0 Å². The van der Waals surface area contributed by atoms with Crippen molar-refractivity contribution in [3.8, 4) is 0 Å². The summed E-state index contributed by atoms with van der Waals surface area (Å²) in [6.07, 6.45) is 8.97. The molecule has 1 N–H and O–H groups in total. The van der Waals surface area contributed by atoms with Crippen molar-refractivity contribution in [2.45, 2.75) is 70.4 Å². The largest absolute Gasteiger partial charge is 0.393 e. The number of aliphatic hydroxyl groups excluding tert-OH is 1. The highest BCUT2D eigenvalue weighted by molar-refractivity contribution is 5.77. The Balaban J connectivity index is 1.59. The van der Waals surface area contributed by atoms with E-state index in [0.717, 1.165) is 42.9 Å². The number of carbonyl (C=O) groups is 1. The number of fused-ring (bicyclic) bond motifs is 5. The Kier molecular flexibility index (Phi) is 3.15. The van der Waals surface area contributed by atoms with Crippen LogP contribution >= 0.6 is 0 Å². The van der Waals surface area contributed by atoms with Gasteiger partial charge in [-0.1, -0.05) is 6.92 Å². The summed E-state index contributed by atoms with van der Waals surface area (Å²) in [5.74, 6) is 3.43. The fourth-order valence-electron chi connectivity index (χ4n) is 6.64. The summed E-state index contributed by atoms with van der Waals surface area (Å²) >= 11 is 0. The Hall–Kier alpha value is -0.570. The summed E-state index contributed by atoms with van der Waals surface area (Å²) in [6, 6.07) is 0.503. The highest BCUT2D eigenvalue weighted by Gasteiger charge is 2.57. The molecule has 0 aromatic carbocycles. The van der Waals surface area contributed by atoms with Crippen LogP contribution in [0, 0.1) is 29.1 Å². The summed E-state index contributed by atoms with van der Waals surface area (Å²) in [5, 5.41) is 10.4. The van der Waals surface area contributed by atoms with Crippen LogP contribution in [0.2, 0.25) is 0 Å². The van der Waals surface area contributed by atoms with Crippen molar-refractivity contribution in [3.63, 3.8) is 0 Å². The van der Waals surface area contributed by atoms with Crippen molar-refractivity contribution < 1.29 is 9.90 Å². The monoisotopic (exact) mass is 291 g/mol. The number of aliphatic hydroxyl groups is 1. The maximum Gasteiger partial charge on any atom is 0.222 e. The Morgan fingerprint density at radius 1 is 1.05 bits per heavy atom. The quantitative estimate of drug-likeness (QED) is 0.745. The van der Waals surface area contributed by atoms with Crippen molar-refractivity contribution in [1.82, 2.24) is 4.90 Å². The molecule has 7 atom stereocenters. The van der Waals surface area contributed by atoms with E-state index in [0.29, 0.717) is 11.9 Å². The van der Waals surface area contributed by atoms with Crippen molar-refractivity contribution in [2.24, 2.45) is 29.1 Å². The molecule has 3 nitrogen and oxygen atoms in total. The first kappa shape index (κ1) is 14.0. The molecule has 0 spiro atoms. The van der Waals surface area contributed by atoms with Gasteiger partial charge in [-0.15, -0.1) is 0 Å². The molecule has 1 amide bonds. The van der Waals surface area contributed by atoms with Crippen LogP contribution in [0.5, 0.6) is 0 Å². The number of piperidine rings is 1. The second-order valence-corrected chi connectivity index (χ2v) is 8.42. The number of rotatable bonds is 0. The molecule has 0 radical (unpaired) electrons. The maximum absolute atomic E-state index is 12.0. The van der Waals surface area contributed by atoms with E-state index < -0.39 is 0 Å². The summed E-state index contributed by atoms with van der Waals surface area (Å²) in [5.41, 5.74) is 0.185. The zero-order valence-corrected chi connectivity index (χ0v) is 13.4. The normalized spacial score (nSPS) is 53.1. The summed E-state index contributed by atoms with van der Waals surface area (Å²) in [4.78, 5) is 14.0. The lowest BCUT2D eigenvalue weighted by Gasteiger charge is -2.56. The lowest BCUT2D eigenvalue weighted by molar-refractivity contribution is -0.145. The van der Waals surface area contributed by atoms with Crippen molar-refractivity contribution in [1.29, 1.82) is 0 Å². The zero-order valence-electron chi connectivity index (χ0n) is 13.4. The van der Waals surface area contributed by atoms with E-state index in [9.17, 15) is 9.90 Å². The average Bonchev–Trinajstić information content (AvgIpc) is 2.78. The summed E-state index contributed by atoms with van der Waals surface area (Å²) in [7, 11) is 2.02. The highest BCUT2D eigenvalue weighted by atomic mass is 16.3. The van der Waals surface area contributed by atoms with Gasteiger partial charge in [-0.25, -0.2) is 0 Å². The van der Waals surface area contributed by atoms with Crippen molar-refractivity contribution >= 4 is 5.91 Å². The van der Waals surface area contributed by atoms with E-state index in [1.54, 1.807) is 0 Å². The number of amides is 1. The van der Waals surface area contributed by atoms with E-state index in [2.05, 4.69) is 11.8 Å². The van der Waals surface area contributed by atoms with Gasteiger partial charge >= 0.3 is 0 Å². The number of hydrogen-bond acceptors (Lipinski definition) is 2. The minimum absolute atomic E-state index is 0.0724. The van der Waals surface area contributed by atoms with Gasteiger partial charge in [0.2, 0.25) is 5.91 Å². The van der Waals surface area contributed by atoms with Crippen LogP contribution in [0.3, 0.4) is 0 Å². The molecule has 118 valence electrons. The first-order valence-corrected chi connectivity index (χ1v) is 8.96. The molecule has 0 bridgehead atoms. The molecule has 1 saturated heterocycles. The summed E-state index contributed by atoms with van der Waals surface area (Å²) in [6.45, 7) is 2.34. The van der Waals surface area contributed by atoms with Gasteiger partial charge in [0.05, 0.1) is 6.10 Å². The molecule has 4 rings (SSSR count). The molecule has 3 heteroatoms. The van der Waals surface area contributed by atoms with E-state index in [1.807, 2.05) is 7.05 Å². The van der Waals surface area contributed by atoms with E-state index in [4.69, 9.17) is 0 Å². The van der Waals surface area contributed by atoms with Gasteiger partial charge in [0.25, 0.3) is 0 Å². The minimum Gasteiger partial charge on any atom is -0.393 e. The van der Waals surface area contributed by atoms with Crippen LogP contribution in [-0.4, -0.2) is 35.1 Å². The Morgan fingerprint density at radius 3 is 2.67 bits per heavy atom. The predicted octanol–water partition coefficient (Wildman–Crippen LogP) is 2.82. The van der Waals surface area contributed by atoms with E-state index in [1.165, 1.54) is 32.1 Å². The third-order valence-corrected chi connectivity index (χ3v) is 7.86. The number of hydrogen-bond donors (Lipinski definition) is 1. The van der Waals surface area contributed by atoms with Crippen LogP contribution in [0.25, 0.3) is 0 Å². The van der Waals surface area contributed by atoms with E-state index >= 15 is 0 Å². The summed E-state index contributed by atoms with van der Waals surface area (Å²) < 4.78 is 0. The second-order valence-electron chi connectivity index (χ2n) is 8.42. The molecule has 0 aromatic rings. The van der Waals surface area contributed by atoms with Gasteiger partial charge in [0, 0.05) is 19.5 Å². The lowest BCUT2D eigenvalue weighted by Crippen LogP contribution is -2.56. The van der Waals surface area contributed by atoms with Crippen LogP contribution < -0.4 is 0 Å². The van der Waals surface area contributed by atoms with Crippen molar-refractivity contribution in [2.75, 3.05) is 7.05 Å². The lowest BCUT2D eigenvalue weighted by atomic mass is 9.52. The molecule has 1 aliphatic heterocycles. The van der Waals surface area contributed by atoms with Crippen LogP contribution in [-0.2, 0) is 4.79 Å². The number of nitrogens with zero attached hydrogens (tertiary/aromatic N) is 1. The van der Waals surface area contributed by atoms with Crippen LogP contribution in [0.1, 0.15) is 58.3 Å². The van der Waals surface area contributed by atoms with Crippen LogP contribution in [0.15, 0.2) is 0 Å². The van der Waals surface area contributed by atoms with Gasteiger partial charge in [-0.3, -0.25) is 4.79 Å². The number of likely N-dealkylation sites (tertiary alicyclic amines) is 1. The topological polar surface area (TPSA) is 40.5 Å². The van der Waals surface area contributed by atoms with Gasteiger partial charge in [0.15, 0.2) is 0 Å². The molecule has 21 heavy (non-hydrogen) atoms. The van der Waals surface area contributed by atoms with Gasteiger partial charge in [0.1, 0.15) is 0 Å². The third-order valence-electron chi connectivity index (χ3n) is 7.86. The Morgan fingerprint density at radius 2 is 1.86 bits per heavy atom. The average molecular weight is 291 g/mol. The third kappa shape index (κ3) is 1.85. The first-order valence-electron chi connectivity index (χ1n) is 8.96. The Bertz CT molecular complexity index is 450. The highest BCUT2D eigenvalue weighted by Crippen LogP contribution is 2.61. The molecule has 1 heterocycles. The SMILES string of the molecule is CN1C(=O)CC[C@@H]2[C@H]3CC[C@]4(C)[C@@H](O)CC[C@H]4[C@@H]3CC[C@H]21. The smallest absolute Gasteiger partial charge is 0.222 e. The Labute approximate surface area is 128 Å². The molecule has 0 unspecified atom stereocenters. The fraction of sp³-hybridized carbons (Fsp3) is 0.944. The van der Waals surface area contributed by atoms with Gasteiger partial charge < -0.3 is 10.0 Å². The minimum atomic E-state index is -0.0724. The zero-order chi connectivity index (χ0) is 14.8. The molecule has 4 fully saturated rings. The predicted molar refractivity (Wildman–Crippen MR) is 81.6 cm³/mol. The first-order chi connectivity index (χ1) is 10.0. The van der Waals surface area contributed by atoms with Gasteiger partial charge in [-0.05, 0) is 74.0 Å².